The fraction of sp³-hybridized carbons (Fsp3) is 0.250. The first-order valence-corrected chi connectivity index (χ1v) is 8.30. The highest BCUT2D eigenvalue weighted by Gasteiger charge is 2.27. The molecule has 1 amide bonds. The van der Waals surface area contributed by atoms with Crippen LogP contribution in [0.2, 0.25) is 0 Å². The maximum atomic E-state index is 12.5. The fourth-order valence-electron chi connectivity index (χ4n) is 2.72. The minimum Gasteiger partial charge on any atom is -0.466 e. The molecule has 5 nitrogen and oxygen atoms in total. The summed E-state index contributed by atoms with van der Waals surface area (Å²) in [5.74, 6) is 0.206. The number of benzene rings is 1. The molecule has 0 fully saturated rings. The van der Waals surface area contributed by atoms with E-state index in [1.54, 1.807) is 25.1 Å². The minimum absolute atomic E-state index is 0.0726. The van der Waals surface area contributed by atoms with Crippen molar-refractivity contribution in [1.82, 2.24) is 9.88 Å². The Labute approximate surface area is 146 Å². The zero-order chi connectivity index (χ0) is 17.7. The molecule has 130 valence electrons. The number of rotatable bonds is 7. The summed E-state index contributed by atoms with van der Waals surface area (Å²) in [6, 6.07) is 17.2. The first-order valence-electron chi connectivity index (χ1n) is 8.30. The molecule has 2 heterocycles. The van der Waals surface area contributed by atoms with Crippen LogP contribution in [-0.2, 0) is 18.6 Å². The van der Waals surface area contributed by atoms with Crippen molar-refractivity contribution < 1.29 is 14.3 Å². The lowest BCUT2D eigenvalue weighted by molar-refractivity contribution is 0.0329. The molecule has 0 bridgehead atoms. The number of furan rings is 1. The minimum atomic E-state index is -1.25. The zero-order valence-electron chi connectivity index (χ0n) is 14.2. The van der Waals surface area contributed by atoms with Crippen LogP contribution in [0.1, 0.15) is 28.7 Å². The lowest BCUT2D eigenvalue weighted by Gasteiger charge is -2.21. The van der Waals surface area contributed by atoms with Crippen molar-refractivity contribution in [1.29, 1.82) is 0 Å². The van der Waals surface area contributed by atoms with E-state index in [4.69, 9.17) is 4.42 Å². The maximum absolute atomic E-state index is 12.5. The zero-order valence-corrected chi connectivity index (χ0v) is 14.2. The van der Waals surface area contributed by atoms with Crippen LogP contribution >= 0.6 is 0 Å². The predicted molar refractivity (Wildman–Crippen MR) is 95.2 cm³/mol. The quantitative estimate of drug-likeness (QED) is 0.696. The molecule has 0 saturated carbocycles. The average molecular weight is 338 g/mol. The predicted octanol–water partition coefficient (Wildman–Crippen LogP) is 2.96. The molecule has 25 heavy (non-hydrogen) atoms. The summed E-state index contributed by atoms with van der Waals surface area (Å²) in [5.41, 5.74) is 0.551. The molecule has 0 aliphatic rings. The van der Waals surface area contributed by atoms with Gasteiger partial charge in [0.15, 0.2) is 0 Å². The molecule has 0 aliphatic heterocycles. The highest BCUT2D eigenvalue weighted by atomic mass is 16.4. The van der Waals surface area contributed by atoms with Gasteiger partial charge in [0, 0.05) is 12.7 Å². The molecule has 3 rings (SSSR count). The van der Waals surface area contributed by atoms with E-state index in [1.165, 1.54) is 11.8 Å². The van der Waals surface area contributed by atoms with E-state index in [-0.39, 0.29) is 12.5 Å². The lowest BCUT2D eigenvalue weighted by Crippen LogP contribution is -2.39. The largest absolute Gasteiger partial charge is 0.466 e. The normalized spacial score (nSPS) is 13.4. The van der Waals surface area contributed by atoms with E-state index in [9.17, 15) is 9.90 Å². The Kier molecular flexibility index (Phi) is 5.05. The highest BCUT2D eigenvalue weighted by Crippen LogP contribution is 2.20. The van der Waals surface area contributed by atoms with Crippen LogP contribution in [0.15, 0.2) is 71.5 Å². The second kappa shape index (κ2) is 7.40. The van der Waals surface area contributed by atoms with E-state index in [0.717, 1.165) is 6.42 Å². The third-order valence-electron chi connectivity index (χ3n) is 4.19. The Morgan fingerprint density at radius 3 is 2.68 bits per heavy atom. The third kappa shape index (κ3) is 4.19. The van der Waals surface area contributed by atoms with Gasteiger partial charge in [-0.1, -0.05) is 30.3 Å². The van der Waals surface area contributed by atoms with Gasteiger partial charge in [0.1, 0.15) is 17.1 Å². The highest BCUT2D eigenvalue weighted by molar-refractivity contribution is 5.92. The molecule has 3 aromatic rings. The standard InChI is InChI=1S/C20H22N2O3/c1-20(24,18-10-6-14-25-18)15-21-19(23)17-9-5-12-22(17)13-11-16-7-3-2-4-8-16/h2-10,12,14,24H,11,13,15H2,1H3,(H,21,23). The van der Waals surface area contributed by atoms with Crippen molar-refractivity contribution in [3.8, 4) is 0 Å². The molecule has 2 aromatic heterocycles. The Morgan fingerprint density at radius 2 is 1.96 bits per heavy atom. The van der Waals surface area contributed by atoms with Gasteiger partial charge in [0.25, 0.3) is 5.91 Å². The van der Waals surface area contributed by atoms with Crippen molar-refractivity contribution in [2.24, 2.45) is 0 Å². The first kappa shape index (κ1) is 17.0. The number of hydrogen-bond acceptors (Lipinski definition) is 3. The van der Waals surface area contributed by atoms with Crippen molar-refractivity contribution in [2.45, 2.75) is 25.5 Å². The van der Waals surface area contributed by atoms with E-state index in [1.807, 2.05) is 35.0 Å². The van der Waals surface area contributed by atoms with Crippen molar-refractivity contribution in [3.05, 3.63) is 84.1 Å². The molecular weight excluding hydrogens is 316 g/mol. The molecule has 1 unspecified atom stereocenters. The van der Waals surface area contributed by atoms with Crippen LogP contribution in [0.5, 0.6) is 0 Å². The smallest absolute Gasteiger partial charge is 0.268 e. The molecular formula is C20H22N2O3. The maximum Gasteiger partial charge on any atom is 0.268 e. The molecule has 5 heteroatoms. The van der Waals surface area contributed by atoms with Crippen LogP contribution in [0.25, 0.3) is 0 Å². The van der Waals surface area contributed by atoms with Crippen molar-refractivity contribution >= 4 is 5.91 Å². The molecule has 0 aliphatic carbocycles. The van der Waals surface area contributed by atoms with Gasteiger partial charge in [0.2, 0.25) is 0 Å². The summed E-state index contributed by atoms with van der Waals surface area (Å²) in [6.07, 6.45) is 4.24. The Morgan fingerprint density at radius 1 is 1.16 bits per heavy atom. The van der Waals surface area contributed by atoms with Crippen LogP contribution in [0.4, 0.5) is 0 Å². The summed E-state index contributed by atoms with van der Waals surface area (Å²) in [7, 11) is 0. The molecule has 0 spiro atoms. The van der Waals surface area contributed by atoms with E-state index in [0.29, 0.717) is 18.0 Å². The summed E-state index contributed by atoms with van der Waals surface area (Å²) < 4.78 is 7.15. The van der Waals surface area contributed by atoms with Crippen LogP contribution in [-0.4, -0.2) is 22.1 Å². The van der Waals surface area contributed by atoms with E-state index >= 15 is 0 Å². The summed E-state index contributed by atoms with van der Waals surface area (Å²) in [4.78, 5) is 12.5. The van der Waals surface area contributed by atoms with Gasteiger partial charge in [-0.15, -0.1) is 0 Å². The number of aliphatic hydroxyl groups is 1. The number of aryl methyl sites for hydroxylation is 2. The second-order valence-corrected chi connectivity index (χ2v) is 6.26. The number of carbonyl (C=O) groups excluding carboxylic acids is 1. The molecule has 0 saturated heterocycles. The Bertz CT molecular complexity index is 805. The molecule has 0 radical (unpaired) electrons. The van der Waals surface area contributed by atoms with Gasteiger partial charge in [-0.05, 0) is 43.2 Å². The second-order valence-electron chi connectivity index (χ2n) is 6.26. The molecule has 1 aromatic carbocycles. The third-order valence-corrected chi connectivity index (χ3v) is 4.19. The first-order chi connectivity index (χ1) is 12.1. The number of aromatic nitrogens is 1. The number of nitrogens with zero attached hydrogens (tertiary/aromatic N) is 1. The van der Waals surface area contributed by atoms with Gasteiger partial charge in [-0.3, -0.25) is 4.79 Å². The van der Waals surface area contributed by atoms with Gasteiger partial charge >= 0.3 is 0 Å². The topological polar surface area (TPSA) is 67.4 Å². The average Bonchev–Trinajstić information content (AvgIpc) is 3.30. The SMILES string of the molecule is CC(O)(CNC(=O)c1cccn1CCc1ccccc1)c1ccco1. The monoisotopic (exact) mass is 338 g/mol. The number of amides is 1. The van der Waals surface area contributed by atoms with Crippen LogP contribution in [0.3, 0.4) is 0 Å². The van der Waals surface area contributed by atoms with Gasteiger partial charge in [0.05, 0.1) is 12.8 Å². The van der Waals surface area contributed by atoms with Gasteiger partial charge < -0.3 is 19.4 Å². The van der Waals surface area contributed by atoms with Crippen molar-refractivity contribution in [3.63, 3.8) is 0 Å². The van der Waals surface area contributed by atoms with E-state index < -0.39 is 5.60 Å². The Hall–Kier alpha value is -2.79. The van der Waals surface area contributed by atoms with Crippen molar-refractivity contribution in [2.75, 3.05) is 6.54 Å². The molecule has 2 N–H and O–H groups in total. The Balaban J connectivity index is 1.60. The lowest BCUT2D eigenvalue weighted by atomic mass is 10.0. The summed E-state index contributed by atoms with van der Waals surface area (Å²) >= 11 is 0. The number of hydrogen-bond donors (Lipinski definition) is 2. The summed E-state index contributed by atoms with van der Waals surface area (Å²) in [6.45, 7) is 2.40. The molecule has 1 atom stereocenters. The van der Waals surface area contributed by atoms with Crippen LogP contribution < -0.4 is 5.32 Å². The van der Waals surface area contributed by atoms with Crippen LogP contribution in [0, 0.1) is 0 Å². The fourth-order valence-corrected chi connectivity index (χ4v) is 2.72. The van der Waals surface area contributed by atoms with Gasteiger partial charge in [-0.25, -0.2) is 0 Å². The van der Waals surface area contributed by atoms with Gasteiger partial charge in [-0.2, -0.15) is 0 Å². The number of nitrogens with one attached hydrogen (secondary N) is 1. The number of carbonyl (C=O) groups is 1. The van der Waals surface area contributed by atoms with E-state index in [2.05, 4.69) is 17.4 Å². The summed E-state index contributed by atoms with van der Waals surface area (Å²) in [5, 5.41) is 13.2.